The first-order valence-electron chi connectivity index (χ1n) is 6.31. The molecule has 0 aromatic heterocycles. The molecule has 0 heterocycles. The van der Waals surface area contributed by atoms with Crippen molar-refractivity contribution in [3.63, 3.8) is 0 Å². The fraction of sp³-hybridized carbons (Fsp3) is 0.600. The normalized spacial score (nSPS) is 14.1. The topological polar surface area (TPSA) is 15.3 Å². The van der Waals surface area contributed by atoms with E-state index in [9.17, 15) is 0 Å². The second-order valence-electron chi connectivity index (χ2n) is 5.67. The van der Waals surface area contributed by atoms with E-state index in [1.54, 1.807) is 0 Å². The molecule has 1 N–H and O–H groups in total. The highest BCUT2D eigenvalue weighted by Crippen LogP contribution is 2.18. The Kier molecular flexibility index (Phi) is 4.72. The molecule has 2 nitrogen and oxygen atoms in total. The Morgan fingerprint density at radius 2 is 1.82 bits per heavy atom. The fourth-order valence-corrected chi connectivity index (χ4v) is 1.74. The van der Waals surface area contributed by atoms with E-state index < -0.39 is 0 Å². The van der Waals surface area contributed by atoms with Crippen LogP contribution >= 0.6 is 0 Å². The van der Waals surface area contributed by atoms with Crippen molar-refractivity contribution >= 4 is 0 Å². The molecule has 1 unspecified atom stereocenters. The summed E-state index contributed by atoms with van der Waals surface area (Å²) in [6.45, 7) is 9.89. The van der Waals surface area contributed by atoms with Crippen molar-refractivity contribution in [2.45, 2.75) is 39.3 Å². The lowest BCUT2D eigenvalue weighted by Gasteiger charge is -2.34. The van der Waals surface area contributed by atoms with Gasteiger partial charge in [-0.3, -0.25) is 0 Å². The van der Waals surface area contributed by atoms with Crippen LogP contribution in [0.4, 0.5) is 0 Å². The number of likely N-dealkylation sites (N-methyl/N-ethyl adjacent to an activating group) is 1. The second kappa shape index (κ2) is 5.65. The molecule has 0 saturated carbocycles. The molecule has 0 saturated heterocycles. The van der Waals surface area contributed by atoms with Crippen molar-refractivity contribution in [3.05, 3.63) is 35.4 Å². The molecule has 0 aliphatic heterocycles. The van der Waals surface area contributed by atoms with E-state index >= 15 is 0 Å². The van der Waals surface area contributed by atoms with Gasteiger partial charge in [-0.2, -0.15) is 0 Å². The number of hydrogen-bond donors (Lipinski definition) is 1. The Balaban J connectivity index is 2.62. The van der Waals surface area contributed by atoms with Crippen molar-refractivity contribution in [1.82, 2.24) is 10.2 Å². The van der Waals surface area contributed by atoms with E-state index in [1.165, 1.54) is 11.1 Å². The van der Waals surface area contributed by atoms with Crippen LogP contribution in [0.15, 0.2) is 24.3 Å². The van der Waals surface area contributed by atoms with Crippen molar-refractivity contribution in [1.29, 1.82) is 0 Å². The van der Waals surface area contributed by atoms with Crippen molar-refractivity contribution in [3.8, 4) is 0 Å². The summed E-state index contributed by atoms with van der Waals surface area (Å²) < 4.78 is 0. The summed E-state index contributed by atoms with van der Waals surface area (Å²) in [7, 11) is 4.25. The van der Waals surface area contributed by atoms with E-state index in [0.29, 0.717) is 6.04 Å². The minimum absolute atomic E-state index is 0.178. The maximum absolute atomic E-state index is 3.62. The first kappa shape index (κ1) is 14.2. The zero-order valence-corrected chi connectivity index (χ0v) is 12.0. The van der Waals surface area contributed by atoms with Crippen LogP contribution in [0.1, 0.15) is 37.9 Å². The summed E-state index contributed by atoms with van der Waals surface area (Å²) >= 11 is 0. The number of nitrogens with one attached hydrogen (secondary N) is 1. The summed E-state index contributed by atoms with van der Waals surface area (Å²) in [6, 6.07) is 8.98. The molecular weight excluding hydrogens is 208 g/mol. The number of nitrogens with zero attached hydrogens (tertiary/aromatic N) is 1. The molecular formula is C15H26N2. The quantitative estimate of drug-likeness (QED) is 0.842. The van der Waals surface area contributed by atoms with Gasteiger partial charge in [-0.05, 0) is 52.9 Å². The first-order chi connectivity index (χ1) is 7.84. The Labute approximate surface area is 106 Å². The molecule has 96 valence electrons. The van der Waals surface area contributed by atoms with Crippen molar-refractivity contribution in [2.24, 2.45) is 0 Å². The highest BCUT2D eigenvalue weighted by Gasteiger charge is 2.21. The molecule has 2 heteroatoms. The molecule has 0 bridgehead atoms. The third-order valence-corrected chi connectivity index (χ3v) is 3.71. The number of aryl methyl sites for hydroxylation is 1. The molecule has 1 rings (SSSR count). The molecule has 0 aliphatic rings. The van der Waals surface area contributed by atoms with Crippen LogP contribution in [0, 0.1) is 6.92 Å². The summed E-state index contributed by atoms with van der Waals surface area (Å²) in [6.07, 6.45) is 0. The van der Waals surface area contributed by atoms with Crippen LogP contribution < -0.4 is 5.32 Å². The second-order valence-corrected chi connectivity index (χ2v) is 5.67. The van der Waals surface area contributed by atoms with Gasteiger partial charge in [0.1, 0.15) is 0 Å². The van der Waals surface area contributed by atoms with E-state index in [-0.39, 0.29) is 5.54 Å². The third-order valence-electron chi connectivity index (χ3n) is 3.71. The minimum atomic E-state index is 0.178. The van der Waals surface area contributed by atoms with Gasteiger partial charge in [0.2, 0.25) is 0 Å². The Hall–Kier alpha value is -0.860. The molecule has 0 radical (unpaired) electrons. The molecule has 0 amide bonds. The van der Waals surface area contributed by atoms with Gasteiger partial charge < -0.3 is 10.2 Å². The van der Waals surface area contributed by atoms with Crippen LogP contribution in [0.3, 0.4) is 0 Å². The third kappa shape index (κ3) is 3.83. The van der Waals surface area contributed by atoms with Gasteiger partial charge in [-0.15, -0.1) is 0 Å². The summed E-state index contributed by atoms with van der Waals surface area (Å²) in [4.78, 5) is 2.25. The Morgan fingerprint density at radius 3 is 2.35 bits per heavy atom. The largest absolute Gasteiger partial charge is 0.308 e. The van der Waals surface area contributed by atoms with Gasteiger partial charge in [0, 0.05) is 18.1 Å². The average Bonchev–Trinajstić information content (AvgIpc) is 2.26. The smallest absolute Gasteiger partial charge is 0.0295 e. The fourth-order valence-electron chi connectivity index (χ4n) is 1.74. The molecule has 0 fully saturated rings. The monoisotopic (exact) mass is 234 g/mol. The van der Waals surface area contributed by atoms with Crippen LogP contribution in [0.2, 0.25) is 0 Å². The van der Waals surface area contributed by atoms with Crippen LogP contribution in [0.25, 0.3) is 0 Å². The van der Waals surface area contributed by atoms with Gasteiger partial charge in [0.25, 0.3) is 0 Å². The zero-order valence-electron chi connectivity index (χ0n) is 12.0. The van der Waals surface area contributed by atoms with E-state index in [4.69, 9.17) is 0 Å². The number of rotatable bonds is 5. The first-order valence-corrected chi connectivity index (χ1v) is 6.31. The van der Waals surface area contributed by atoms with Gasteiger partial charge in [0.05, 0.1) is 0 Å². The lowest BCUT2D eigenvalue weighted by Crippen LogP contribution is -2.47. The predicted molar refractivity (Wildman–Crippen MR) is 75.4 cm³/mol. The minimum Gasteiger partial charge on any atom is -0.308 e. The zero-order chi connectivity index (χ0) is 13.1. The maximum Gasteiger partial charge on any atom is 0.0295 e. The summed E-state index contributed by atoms with van der Waals surface area (Å²) in [5, 5.41) is 3.62. The average molecular weight is 234 g/mol. The molecule has 1 aromatic rings. The van der Waals surface area contributed by atoms with Crippen molar-refractivity contribution in [2.75, 3.05) is 20.6 Å². The molecule has 1 aromatic carbocycles. The van der Waals surface area contributed by atoms with Gasteiger partial charge in [-0.1, -0.05) is 24.3 Å². The van der Waals surface area contributed by atoms with Crippen LogP contribution in [0.5, 0.6) is 0 Å². The van der Waals surface area contributed by atoms with Gasteiger partial charge in [-0.25, -0.2) is 0 Å². The molecule has 0 aliphatic carbocycles. The lowest BCUT2D eigenvalue weighted by molar-refractivity contribution is 0.185. The van der Waals surface area contributed by atoms with E-state index in [0.717, 1.165) is 6.54 Å². The SMILES string of the molecule is Cc1ccccc1C(C)NCC(C)(C)N(C)C. The highest BCUT2D eigenvalue weighted by atomic mass is 15.2. The van der Waals surface area contributed by atoms with Crippen molar-refractivity contribution < 1.29 is 0 Å². The summed E-state index contributed by atoms with van der Waals surface area (Å²) in [5.41, 5.74) is 2.92. The Bertz CT molecular complexity index is 356. The summed E-state index contributed by atoms with van der Waals surface area (Å²) in [5.74, 6) is 0. The number of benzene rings is 1. The molecule has 0 spiro atoms. The standard InChI is InChI=1S/C15H26N2/c1-12-9-7-8-10-14(12)13(2)16-11-15(3,4)17(5)6/h7-10,13,16H,11H2,1-6H3. The van der Waals surface area contributed by atoms with Gasteiger partial charge >= 0.3 is 0 Å². The predicted octanol–water partition coefficient (Wildman–Crippen LogP) is 2.99. The van der Waals surface area contributed by atoms with E-state index in [2.05, 4.69) is 76.3 Å². The lowest BCUT2D eigenvalue weighted by atomic mass is 10.00. The Morgan fingerprint density at radius 1 is 1.24 bits per heavy atom. The van der Waals surface area contributed by atoms with Crippen LogP contribution in [-0.2, 0) is 0 Å². The maximum atomic E-state index is 3.62. The van der Waals surface area contributed by atoms with Crippen LogP contribution in [-0.4, -0.2) is 31.1 Å². The molecule has 1 atom stereocenters. The molecule has 17 heavy (non-hydrogen) atoms. The van der Waals surface area contributed by atoms with E-state index in [1.807, 2.05) is 0 Å². The van der Waals surface area contributed by atoms with Gasteiger partial charge in [0.15, 0.2) is 0 Å². The highest BCUT2D eigenvalue weighted by molar-refractivity contribution is 5.28. The number of hydrogen-bond acceptors (Lipinski definition) is 2.